The number of carboxylic acids is 1. The van der Waals surface area contributed by atoms with Gasteiger partial charge in [0, 0.05) is 19.5 Å². The predicted molar refractivity (Wildman–Crippen MR) is 92.1 cm³/mol. The normalized spacial score (nSPS) is 22.0. The summed E-state index contributed by atoms with van der Waals surface area (Å²) in [5.41, 5.74) is 1.14. The Hall–Kier alpha value is -2.04. The summed E-state index contributed by atoms with van der Waals surface area (Å²) in [5, 5.41) is 9.19. The minimum absolute atomic E-state index is 0.00117. The lowest BCUT2D eigenvalue weighted by molar-refractivity contribution is -0.148. The van der Waals surface area contributed by atoms with E-state index in [1.54, 1.807) is 7.11 Å². The van der Waals surface area contributed by atoms with Crippen LogP contribution in [0.4, 0.5) is 0 Å². The number of carbonyl (C=O) groups is 2. The number of benzene rings is 1. The van der Waals surface area contributed by atoms with Crippen LogP contribution in [0.3, 0.4) is 0 Å². The Morgan fingerprint density at radius 2 is 2.00 bits per heavy atom. The summed E-state index contributed by atoms with van der Waals surface area (Å²) in [5.74, 6) is 0.0203. The van der Waals surface area contributed by atoms with E-state index in [2.05, 4.69) is 6.92 Å². The van der Waals surface area contributed by atoms with Crippen LogP contribution < -0.4 is 4.74 Å². The summed E-state index contributed by atoms with van der Waals surface area (Å²) in [4.78, 5) is 25.7. The maximum atomic E-state index is 12.6. The van der Waals surface area contributed by atoms with Crippen LogP contribution >= 0.6 is 0 Å². The van der Waals surface area contributed by atoms with E-state index in [-0.39, 0.29) is 23.7 Å². The molecule has 2 rings (SSSR count). The molecule has 0 spiro atoms. The lowest BCUT2D eigenvalue weighted by Crippen LogP contribution is -2.45. The van der Waals surface area contributed by atoms with Crippen LogP contribution in [0.15, 0.2) is 24.3 Å². The summed E-state index contributed by atoms with van der Waals surface area (Å²) in [7, 11) is 1.64. The van der Waals surface area contributed by atoms with Crippen molar-refractivity contribution in [2.24, 2.45) is 11.8 Å². The molecule has 1 aliphatic rings. The van der Waals surface area contributed by atoms with Gasteiger partial charge in [-0.1, -0.05) is 26.0 Å². The molecule has 1 fully saturated rings. The maximum absolute atomic E-state index is 12.6. The van der Waals surface area contributed by atoms with Crippen LogP contribution in [0.25, 0.3) is 0 Å². The number of hydrogen-bond acceptors (Lipinski definition) is 3. The molecule has 1 N–H and O–H groups in total. The Labute approximate surface area is 143 Å². The summed E-state index contributed by atoms with van der Waals surface area (Å²) in [6.07, 6.45) is 1.90. The van der Waals surface area contributed by atoms with E-state index in [4.69, 9.17) is 4.74 Å². The van der Waals surface area contributed by atoms with Crippen molar-refractivity contribution < 1.29 is 19.4 Å². The maximum Gasteiger partial charge on any atom is 0.306 e. The van der Waals surface area contributed by atoms with Gasteiger partial charge in [-0.05, 0) is 42.4 Å². The van der Waals surface area contributed by atoms with Gasteiger partial charge in [-0.3, -0.25) is 9.59 Å². The third kappa shape index (κ3) is 4.28. The zero-order valence-corrected chi connectivity index (χ0v) is 14.7. The molecule has 24 heavy (non-hydrogen) atoms. The molecule has 0 aliphatic carbocycles. The highest BCUT2D eigenvalue weighted by molar-refractivity contribution is 5.78. The largest absolute Gasteiger partial charge is 0.497 e. The number of hydrogen-bond donors (Lipinski definition) is 1. The quantitative estimate of drug-likeness (QED) is 0.868. The molecule has 1 saturated heterocycles. The molecule has 1 aromatic rings. The van der Waals surface area contributed by atoms with E-state index >= 15 is 0 Å². The SMILES string of the molecule is CCC(CC(=O)N1CCC(C(=O)O)C(C)C1)c1ccc(OC)cc1. The number of ether oxygens (including phenoxy) is 1. The van der Waals surface area contributed by atoms with Crippen LogP contribution in [0, 0.1) is 11.8 Å². The zero-order chi connectivity index (χ0) is 17.7. The van der Waals surface area contributed by atoms with Gasteiger partial charge in [0.25, 0.3) is 0 Å². The van der Waals surface area contributed by atoms with Crippen molar-refractivity contribution in [2.75, 3.05) is 20.2 Å². The molecule has 1 aromatic carbocycles. The number of rotatable bonds is 6. The third-order valence-corrected chi connectivity index (χ3v) is 5.08. The number of carbonyl (C=O) groups excluding carboxylic acids is 1. The van der Waals surface area contributed by atoms with Gasteiger partial charge in [-0.15, -0.1) is 0 Å². The predicted octanol–water partition coefficient (Wildman–Crippen LogP) is 3.15. The molecule has 0 radical (unpaired) electrons. The van der Waals surface area contributed by atoms with Crippen LogP contribution in [-0.4, -0.2) is 42.1 Å². The molecule has 0 saturated carbocycles. The Morgan fingerprint density at radius 3 is 2.50 bits per heavy atom. The molecule has 0 aromatic heterocycles. The van der Waals surface area contributed by atoms with E-state index in [0.29, 0.717) is 25.9 Å². The van der Waals surface area contributed by atoms with Crippen LogP contribution in [0.1, 0.15) is 44.6 Å². The van der Waals surface area contributed by atoms with E-state index < -0.39 is 5.97 Å². The Balaban J connectivity index is 1.98. The van der Waals surface area contributed by atoms with Gasteiger partial charge >= 0.3 is 5.97 Å². The van der Waals surface area contributed by atoms with Crippen LogP contribution in [0.5, 0.6) is 5.75 Å². The molecule has 5 nitrogen and oxygen atoms in total. The van der Waals surface area contributed by atoms with E-state index in [0.717, 1.165) is 17.7 Å². The fourth-order valence-corrected chi connectivity index (χ4v) is 3.45. The molecule has 3 unspecified atom stereocenters. The molecule has 0 bridgehead atoms. The van der Waals surface area contributed by atoms with Crippen molar-refractivity contribution in [1.29, 1.82) is 0 Å². The zero-order valence-electron chi connectivity index (χ0n) is 14.7. The van der Waals surface area contributed by atoms with Crippen molar-refractivity contribution in [3.8, 4) is 5.75 Å². The molecule has 3 atom stereocenters. The first-order valence-corrected chi connectivity index (χ1v) is 8.60. The number of aliphatic carboxylic acids is 1. The molecular weight excluding hydrogens is 306 g/mol. The fraction of sp³-hybridized carbons (Fsp3) is 0.579. The topological polar surface area (TPSA) is 66.8 Å². The number of carboxylic acid groups (broad SMARTS) is 1. The Morgan fingerprint density at radius 1 is 1.33 bits per heavy atom. The van der Waals surface area contributed by atoms with E-state index in [9.17, 15) is 14.7 Å². The fourth-order valence-electron chi connectivity index (χ4n) is 3.45. The molecule has 5 heteroatoms. The lowest BCUT2D eigenvalue weighted by atomic mass is 9.86. The summed E-state index contributed by atoms with van der Waals surface area (Å²) < 4.78 is 5.18. The first-order chi connectivity index (χ1) is 11.5. The number of likely N-dealkylation sites (tertiary alicyclic amines) is 1. The number of piperidine rings is 1. The summed E-state index contributed by atoms with van der Waals surface area (Å²) in [6, 6.07) is 7.87. The van der Waals surface area contributed by atoms with Gasteiger partial charge in [-0.25, -0.2) is 0 Å². The van der Waals surface area contributed by atoms with Crippen molar-refractivity contribution in [3.63, 3.8) is 0 Å². The van der Waals surface area contributed by atoms with Crippen LogP contribution in [-0.2, 0) is 9.59 Å². The first-order valence-electron chi connectivity index (χ1n) is 8.60. The minimum atomic E-state index is -0.751. The number of nitrogens with zero attached hydrogens (tertiary/aromatic N) is 1. The molecule has 1 amide bonds. The Kier molecular flexibility index (Phi) is 6.23. The number of methoxy groups -OCH3 is 1. The highest BCUT2D eigenvalue weighted by Gasteiger charge is 2.33. The van der Waals surface area contributed by atoms with Gasteiger partial charge in [0.15, 0.2) is 0 Å². The third-order valence-electron chi connectivity index (χ3n) is 5.08. The van der Waals surface area contributed by atoms with Gasteiger partial charge in [0.05, 0.1) is 13.0 Å². The Bertz CT molecular complexity index is 569. The average Bonchev–Trinajstić information content (AvgIpc) is 2.59. The van der Waals surface area contributed by atoms with Gasteiger partial charge < -0.3 is 14.7 Å². The molecule has 1 aliphatic heterocycles. The van der Waals surface area contributed by atoms with Gasteiger partial charge in [0.2, 0.25) is 5.91 Å². The lowest BCUT2D eigenvalue weighted by Gasteiger charge is -2.35. The first kappa shape index (κ1) is 18.3. The van der Waals surface area contributed by atoms with E-state index in [1.807, 2.05) is 36.1 Å². The number of amides is 1. The minimum Gasteiger partial charge on any atom is -0.497 e. The molecule has 132 valence electrons. The highest BCUT2D eigenvalue weighted by atomic mass is 16.5. The second-order valence-electron chi connectivity index (χ2n) is 6.63. The van der Waals surface area contributed by atoms with Crippen LogP contribution in [0.2, 0.25) is 0 Å². The van der Waals surface area contributed by atoms with Crippen molar-refractivity contribution >= 4 is 11.9 Å². The average molecular weight is 333 g/mol. The standard InChI is InChI=1S/C19H27NO4/c1-4-14(15-5-7-16(24-3)8-6-15)11-18(21)20-10-9-17(19(22)23)13(2)12-20/h5-8,13-14,17H,4,9-12H2,1-3H3,(H,22,23). The van der Waals surface area contributed by atoms with Crippen molar-refractivity contribution in [2.45, 2.75) is 39.0 Å². The smallest absolute Gasteiger partial charge is 0.306 e. The highest BCUT2D eigenvalue weighted by Crippen LogP contribution is 2.28. The van der Waals surface area contributed by atoms with Crippen molar-refractivity contribution in [3.05, 3.63) is 29.8 Å². The summed E-state index contributed by atoms with van der Waals surface area (Å²) >= 11 is 0. The summed E-state index contributed by atoms with van der Waals surface area (Å²) in [6.45, 7) is 5.08. The second kappa shape index (κ2) is 8.18. The van der Waals surface area contributed by atoms with Crippen molar-refractivity contribution in [1.82, 2.24) is 4.90 Å². The second-order valence-corrected chi connectivity index (χ2v) is 6.63. The van der Waals surface area contributed by atoms with Gasteiger partial charge in [0.1, 0.15) is 5.75 Å². The monoisotopic (exact) mass is 333 g/mol. The molecule has 1 heterocycles. The van der Waals surface area contributed by atoms with Gasteiger partial charge in [-0.2, -0.15) is 0 Å². The van der Waals surface area contributed by atoms with E-state index in [1.165, 1.54) is 0 Å². The molecular formula is C19H27NO4.